The van der Waals surface area contributed by atoms with Crippen molar-refractivity contribution < 1.29 is 12.8 Å². The number of sulfonamides is 1. The summed E-state index contributed by atoms with van der Waals surface area (Å²) in [4.78, 5) is 0. The van der Waals surface area contributed by atoms with Crippen molar-refractivity contribution >= 4 is 21.8 Å². The van der Waals surface area contributed by atoms with Crippen LogP contribution in [0.4, 0.5) is 10.1 Å². The van der Waals surface area contributed by atoms with Crippen molar-refractivity contribution in [3.05, 3.63) is 76.1 Å². The number of rotatable bonds is 4. The lowest BCUT2D eigenvalue weighted by Gasteiger charge is -2.18. The van der Waals surface area contributed by atoms with Crippen LogP contribution in [-0.4, -0.2) is 8.42 Å². The van der Waals surface area contributed by atoms with E-state index in [-0.39, 0.29) is 5.69 Å². The highest BCUT2D eigenvalue weighted by molar-refractivity contribution is 7.97. The first-order chi connectivity index (χ1) is 9.05. The molecule has 0 aliphatic heterocycles. The van der Waals surface area contributed by atoms with Gasteiger partial charge in [-0.25, -0.2) is 12.8 Å². The van der Waals surface area contributed by atoms with Crippen LogP contribution in [0.5, 0.6) is 0 Å². The zero-order chi connectivity index (χ0) is 13.7. The minimum absolute atomic E-state index is 0.194. The summed E-state index contributed by atoms with van der Waals surface area (Å²) in [5.41, 5.74) is 0.958. The molecule has 2 aromatic carbocycles. The Morgan fingerprint density at radius 3 is 2.21 bits per heavy atom. The van der Waals surface area contributed by atoms with Gasteiger partial charge in [0.2, 0.25) is 0 Å². The first-order valence-corrected chi connectivity index (χ1v) is 7.02. The summed E-state index contributed by atoms with van der Waals surface area (Å²) in [6, 6.07) is 14.0. The van der Waals surface area contributed by atoms with Crippen molar-refractivity contribution in [1.82, 2.24) is 0 Å². The second-order valence-electron chi connectivity index (χ2n) is 3.80. The summed E-state index contributed by atoms with van der Waals surface area (Å²) in [6.45, 7) is 0. The predicted molar refractivity (Wildman–Crippen MR) is 73.8 cm³/mol. The van der Waals surface area contributed by atoms with E-state index in [1.165, 1.54) is 18.2 Å². The minimum atomic E-state index is -3.72. The topological polar surface area (TPSA) is 48.2 Å². The van der Waals surface area contributed by atoms with Crippen LogP contribution in [-0.2, 0) is 10.0 Å². The predicted octanol–water partition coefficient (Wildman–Crippen LogP) is 3.83. The minimum Gasteiger partial charge on any atom is -0.573 e. The van der Waals surface area contributed by atoms with Gasteiger partial charge in [0.15, 0.2) is 0 Å². The molecule has 0 fully saturated rings. The van der Waals surface area contributed by atoms with Crippen LogP contribution < -0.4 is 0 Å². The van der Waals surface area contributed by atoms with Crippen LogP contribution in [0.1, 0.15) is 5.56 Å². The monoisotopic (exact) mass is 276 g/mol. The van der Waals surface area contributed by atoms with E-state index in [1.54, 1.807) is 12.1 Å². The normalized spacial score (nSPS) is 11.6. The Kier molecular flexibility index (Phi) is 3.97. The van der Waals surface area contributed by atoms with Crippen molar-refractivity contribution in [2.75, 3.05) is 0 Å². The van der Waals surface area contributed by atoms with E-state index in [0.717, 1.165) is 23.1 Å². The summed E-state index contributed by atoms with van der Waals surface area (Å²) >= 11 is 0. The molecule has 0 radical (unpaired) electrons. The molecule has 0 N–H and O–H groups in total. The Morgan fingerprint density at radius 1 is 0.947 bits per heavy atom. The molecule has 0 aliphatic rings. The van der Waals surface area contributed by atoms with E-state index in [9.17, 15) is 12.8 Å². The van der Waals surface area contributed by atoms with Crippen LogP contribution in [0.15, 0.2) is 60.0 Å². The standard InChI is InChI=1S/C14H11FNO2S/c15-13-6-8-14(9-7-13)16-19(17,18)11-10-12-4-2-1-3-5-12/h1-11H/q-1. The number of hydrogen-bond acceptors (Lipinski definition) is 2. The summed E-state index contributed by atoms with van der Waals surface area (Å²) in [6.07, 6.45) is 1.46. The Labute approximate surface area is 111 Å². The molecule has 0 saturated carbocycles. The molecule has 0 unspecified atom stereocenters. The summed E-state index contributed by atoms with van der Waals surface area (Å²) in [7, 11) is -3.72. The van der Waals surface area contributed by atoms with Crippen molar-refractivity contribution in [2.45, 2.75) is 0 Å². The van der Waals surface area contributed by atoms with Crippen LogP contribution >= 0.6 is 0 Å². The van der Waals surface area contributed by atoms with Crippen molar-refractivity contribution in [1.29, 1.82) is 0 Å². The lowest BCUT2D eigenvalue weighted by molar-refractivity contribution is 0.611. The van der Waals surface area contributed by atoms with E-state index < -0.39 is 15.8 Å². The highest BCUT2D eigenvalue weighted by atomic mass is 32.2. The molecular formula is C14H11FNO2S-. The Balaban J connectivity index is 2.11. The van der Waals surface area contributed by atoms with Gasteiger partial charge in [0.1, 0.15) is 15.8 Å². The summed E-state index contributed by atoms with van der Waals surface area (Å²) in [5, 5.41) is 1.02. The Bertz CT molecular complexity index is 664. The average Bonchev–Trinajstić information content (AvgIpc) is 2.40. The third-order valence-electron chi connectivity index (χ3n) is 2.29. The fourth-order valence-corrected chi connectivity index (χ4v) is 2.21. The molecule has 0 aromatic heterocycles. The van der Waals surface area contributed by atoms with Crippen molar-refractivity contribution in [3.63, 3.8) is 0 Å². The molecule has 5 heteroatoms. The number of hydrogen-bond donors (Lipinski definition) is 0. The molecule has 19 heavy (non-hydrogen) atoms. The van der Waals surface area contributed by atoms with E-state index in [2.05, 4.69) is 4.72 Å². The third kappa shape index (κ3) is 4.22. The number of nitrogens with zero attached hydrogens (tertiary/aromatic N) is 1. The van der Waals surface area contributed by atoms with Crippen LogP contribution in [0.3, 0.4) is 0 Å². The molecule has 3 nitrogen and oxygen atoms in total. The smallest absolute Gasteiger partial charge is 0.123 e. The molecule has 0 amide bonds. The summed E-state index contributed by atoms with van der Waals surface area (Å²) < 4.78 is 39.7. The Hall–Kier alpha value is -2.14. The van der Waals surface area contributed by atoms with Crippen molar-refractivity contribution in [3.8, 4) is 0 Å². The largest absolute Gasteiger partial charge is 0.573 e. The maximum absolute atomic E-state index is 12.7. The molecule has 98 valence electrons. The van der Waals surface area contributed by atoms with Crippen LogP contribution in [0, 0.1) is 5.82 Å². The van der Waals surface area contributed by atoms with Gasteiger partial charge in [-0.1, -0.05) is 42.5 Å². The lowest BCUT2D eigenvalue weighted by atomic mass is 10.2. The highest BCUT2D eigenvalue weighted by Crippen LogP contribution is 2.23. The molecule has 0 spiro atoms. The highest BCUT2D eigenvalue weighted by Gasteiger charge is 1.94. The fourth-order valence-electron chi connectivity index (χ4n) is 1.41. The number of halogens is 1. The molecule has 0 bridgehead atoms. The van der Waals surface area contributed by atoms with E-state index in [4.69, 9.17) is 0 Å². The molecule has 0 saturated heterocycles. The van der Waals surface area contributed by atoms with E-state index >= 15 is 0 Å². The molecule has 2 aromatic rings. The molecule has 0 aliphatic carbocycles. The van der Waals surface area contributed by atoms with Gasteiger partial charge in [0.05, 0.1) is 0 Å². The molecule has 2 rings (SSSR count). The molecule has 0 atom stereocenters. The number of benzene rings is 2. The fraction of sp³-hybridized carbons (Fsp3) is 0. The lowest BCUT2D eigenvalue weighted by Crippen LogP contribution is -1.90. The van der Waals surface area contributed by atoms with Gasteiger partial charge in [-0.05, 0) is 23.8 Å². The molecular weight excluding hydrogens is 265 g/mol. The van der Waals surface area contributed by atoms with E-state index in [1.807, 2.05) is 18.2 Å². The van der Waals surface area contributed by atoms with Gasteiger partial charge in [-0.15, -0.1) is 5.69 Å². The third-order valence-corrected chi connectivity index (χ3v) is 3.24. The maximum atomic E-state index is 12.7. The quantitative estimate of drug-likeness (QED) is 0.852. The first kappa shape index (κ1) is 13.3. The first-order valence-electron chi connectivity index (χ1n) is 5.52. The van der Waals surface area contributed by atoms with Gasteiger partial charge in [0, 0.05) is 5.41 Å². The van der Waals surface area contributed by atoms with E-state index in [0.29, 0.717) is 0 Å². The van der Waals surface area contributed by atoms with Crippen LogP contribution in [0.2, 0.25) is 0 Å². The maximum Gasteiger partial charge on any atom is 0.123 e. The second kappa shape index (κ2) is 5.67. The average molecular weight is 276 g/mol. The van der Waals surface area contributed by atoms with Gasteiger partial charge >= 0.3 is 0 Å². The van der Waals surface area contributed by atoms with Gasteiger partial charge in [0.25, 0.3) is 0 Å². The summed E-state index contributed by atoms with van der Waals surface area (Å²) in [5.74, 6) is -0.434. The van der Waals surface area contributed by atoms with Gasteiger partial charge in [-0.3, -0.25) is 0 Å². The molecule has 0 heterocycles. The Morgan fingerprint density at radius 2 is 1.58 bits per heavy atom. The zero-order valence-electron chi connectivity index (χ0n) is 9.90. The van der Waals surface area contributed by atoms with Crippen LogP contribution in [0.25, 0.3) is 10.8 Å². The zero-order valence-corrected chi connectivity index (χ0v) is 10.7. The van der Waals surface area contributed by atoms with Crippen molar-refractivity contribution in [2.24, 2.45) is 0 Å². The van der Waals surface area contributed by atoms with Gasteiger partial charge < -0.3 is 4.72 Å². The SMILES string of the molecule is O=S(=O)(C=Cc1ccccc1)[N-]c1ccc(F)cc1. The second-order valence-corrected chi connectivity index (χ2v) is 5.28. The van der Waals surface area contributed by atoms with Gasteiger partial charge in [-0.2, -0.15) is 0 Å².